The van der Waals surface area contributed by atoms with Crippen LogP contribution in [0.3, 0.4) is 0 Å². The van der Waals surface area contributed by atoms with Gasteiger partial charge in [0, 0.05) is 19.2 Å². The second-order valence-electron chi connectivity index (χ2n) is 5.76. The van der Waals surface area contributed by atoms with Gasteiger partial charge in [0.25, 0.3) is 0 Å². The molecule has 0 radical (unpaired) electrons. The average Bonchev–Trinajstić information content (AvgIpc) is 2.63. The van der Waals surface area contributed by atoms with Crippen LogP contribution in [-0.2, 0) is 19.0 Å². The van der Waals surface area contributed by atoms with E-state index in [2.05, 4.69) is 66.1 Å². The molecule has 1 aromatic carbocycles. The maximum atomic E-state index is 5.73. The first-order chi connectivity index (χ1) is 8.84. The van der Waals surface area contributed by atoms with E-state index in [0.717, 1.165) is 21.4 Å². The number of halogens is 1. The van der Waals surface area contributed by atoms with E-state index in [0.29, 0.717) is 6.54 Å². The third kappa shape index (κ3) is 2.74. The quantitative estimate of drug-likeness (QED) is 0.918. The molecule has 2 aromatic rings. The van der Waals surface area contributed by atoms with E-state index in [-0.39, 0.29) is 5.41 Å². The maximum absolute atomic E-state index is 5.73. The lowest BCUT2D eigenvalue weighted by molar-refractivity contribution is 0.590. The second kappa shape index (κ2) is 5.10. The van der Waals surface area contributed by atoms with Crippen LogP contribution in [0, 0.1) is 0 Å². The minimum Gasteiger partial charge on any atom is -0.325 e. The molecule has 0 saturated heterocycles. The fourth-order valence-corrected chi connectivity index (χ4v) is 2.79. The molecule has 4 heteroatoms. The fourth-order valence-electron chi connectivity index (χ4n) is 2.07. The molecule has 2 rings (SSSR count). The van der Waals surface area contributed by atoms with Gasteiger partial charge in [-0.2, -0.15) is 5.10 Å². The van der Waals surface area contributed by atoms with Gasteiger partial charge in [-0.1, -0.05) is 45.0 Å². The minimum atomic E-state index is 0.169. The molecule has 1 aromatic heterocycles. The molecule has 102 valence electrons. The van der Waals surface area contributed by atoms with Crippen LogP contribution >= 0.6 is 15.9 Å². The van der Waals surface area contributed by atoms with E-state index in [9.17, 15) is 0 Å². The van der Waals surface area contributed by atoms with E-state index in [1.54, 1.807) is 0 Å². The highest BCUT2D eigenvalue weighted by Gasteiger charge is 2.16. The number of benzene rings is 1. The Morgan fingerprint density at radius 1 is 1.21 bits per heavy atom. The van der Waals surface area contributed by atoms with Crippen molar-refractivity contribution in [1.29, 1.82) is 0 Å². The minimum absolute atomic E-state index is 0.169. The second-order valence-corrected chi connectivity index (χ2v) is 6.56. The lowest BCUT2D eigenvalue weighted by Crippen LogP contribution is -2.10. The monoisotopic (exact) mass is 321 g/mol. The number of hydrogen-bond acceptors (Lipinski definition) is 2. The van der Waals surface area contributed by atoms with Gasteiger partial charge in [-0.3, -0.25) is 4.68 Å². The zero-order chi connectivity index (χ0) is 14.2. The summed E-state index contributed by atoms with van der Waals surface area (Å²) >= 11 is 3.59. The van der Waals surface area contributed by atoms with Gasteiger partial charge >= 0.3 is 0 Å². The van der Waals surface area contributed by atoms with Crippen molar-refractivity contribution in [3.8, 4) is 11.3 Å². The number of aryl methyl sites for hydroxylation is 1. The summed E-state index contributed by atoms with van der Waals surface area (Å²) in [6.07, 6.45) is 0. The summed E-state index contributed by atoms with van der Waals surface area (Å²) in [5, 5.41) is 4.53. The first-order valence-corrected chi connectivity index (χ1v) is 7.16. The van der Waals surface area contributed by atoms with Crippen LogP contribution < -0.4 is 5.73 Å². The molecule has 0 atom stereocenters. The molecule has 0 amide bonds. The van der Waals surface area contributed by atoms with Gasteiger partial charge in [-0.05, 0) is 26.9 Å². The van der Waals surface area contributed by atoms with E-state index in [1.165, 1.54) is 5.56 Å². The molecule has 0 fully saturated rings. The smallest absolute Gasteiger partial charge is 0.107 e. The summed E-state index contributed by atoms with van der Waals surface area (Å²) in [7, 11) is 1.92. The van der Waals surface area contributed by atoms with Gasteiger partial charge in [0.1, 0.15) is 5.69 Å². The molecule has 0 bridgehead atoms. The molecule has 0 aliphatic rings. The summed E-state index contributed by atoms with van der Waals surface area (Å²) in [5.41, 5.74) is 10.3. The predicted octanol–water partition coefficient (Wildman–Crippen LogP) is 3.61. The van der Waals surface area contributed by atoms with Crippen molar-refractivity contribution in [2.45, 2.75) is 32.7 Å². The molecular formula is C15H20BrN3. The summed E-state index contributed by atoms with van der Waals surface area (Å²) in [5.74, 6) is 0. The number of rotatable bonds is 2. The summed E-state index contributed by atoms with van der Waals surface area (Å²) in [6, 6.07) is 8.57. The summed E-state index contributed by atoms with van der Waals surface area (Å²) in [6.45, 7) is 7.12. The molecule has 0 aliphatic carbocycles. The maximum Gasteiger partial charge on any atom is 0.107 e. The number of nitrogens with zero attached hydrogens (tertiary/aromatic N) is 2. The van der Waals surface area contributed by atoms with Gasteiger partial charge < -0.3 is 5.73 Å². The van der Waals surface area contributed by atoms with E-state index in [1.807, 2.05) is 11.7 Å². The highest BCUT2D eigenvalue weighted by atomic mass is 79.9. The van der Waals surface area contributed by atoms with Crippen molar-refractivity contribution < 1.29 is 0 Å². The zero-order valence-corrected chi connectivity index (χ0v) is 13.5. The van der Waals surface area contributed by atoms with Crippen molar-refractivity contribution in [3.63, 3.8) is 0 Å². The Morgan fingerprint density at radius 2 is 1.79 bits per heavy atom. The van der Waals surface area contributed by atoms with Crippen molar-refractivity contribution >= 4 is 15.9 Å². The third-order valence-corrected chi connectivity index (χ3v) is 4.15. The largest absolute Gasteiger partial charge is 0.325 e. The van der Waals surface area contributed by atoms with E-state index >= 15 is 0 Å². The van der Waals surface area contributed by atoms with Crippen molar-refractivity contribution in [2.24, 2.45) is 12.8 Å². The molecular weight excluding hydrogens is 302 g/mol. The van der Waals surface area contributed by atoms with Crippen LogP contribution in [0.25, 0.3) is 11.3 Å². The molecule has 1 heterocycles. The van der Waals surface area contributed by atoms with E-state index < -0.39 is 0 Å². The zero-order valence-electron chi connectivity index (χ0n) is 11.9. The van der Waals surface area contributed by atoms with Gasteiger partial charge in [0.2, 0.25) is 0 Å². The fraction of sp³-hybridized carbons (Fsp3) is 0.400. The number of aromatic nitrogens is 2. The van der Waals surface area contributed by atoms with E-state index in [4.69, 9.17) is 5.73 Å². The summed E-state index contributed by atoms with van der Waals surface area (Å²) in [4.78, 5) is 0. The van der Waals surface area contributed by atoms with Gasteiger partial charge in [-0.15, -0.1) is 0 Å². The molecule has 0 unspecified atom stereocenters. The van der Waals surface area contributed by atoms with Crippen LogP contribution in [0.15, 0.2) is 28.7 Å². The van der Waals surface area contributed by atoms with Crippen LogP contribution in [0.5, 0.6) is 0 Å². The van der Waals surface area contributed by atoms with Gasteiger partial charge in [0.05, 0.1) is 10.2 Å². The Bertz CT molecular complexity index is 577. The van der Waals surface area contributed by atoms with Crippen molar-refractivity contribution in [3.05, 3.63) is 40.0 Å². The Hall–Kier alpha value is -1.13. The lowest BCUT2D eigenvalue weighted by Gasteiger charge is -2.18. The molecule has 0 aliphatic heterocycles. The van der Waals surface area contributed by atoms with Crippen LogP contribution in [-0.4, -0.2) is 9.78 Å². The third-order valence-electron chi connectivity index (χ3n) is 3.32. The molecule has 0 spiro atoms. The standard InChI is InChI=1S/C15H20BrN3/c1-15(2,3)11-7-5-10(6-8-11)14-13(16)12(9-17)19(4)18-14/h5-8H,9,17H2,1-4H3. The SMILES string of the molecule is Cn1nc(-c2ccc(C(C)(C)C)cc2)c(Br)c1CN. The Balaban J connectivity index is 2.43. The lowest BCUT2D eigenvalue weighted by atomic mass is 9.86. The van der Waals surface area contributed by atoms with Crippen molar-refractivity contribution in [2.75, 3.05) is 0 Å². The highest BCUT2D eigenvalue weighted by molar-refractivity contribution is 9.10. The van der Waals surface area contributed by atoms with Gasteiger partial charge in [-0.25, -0.2) is 0 Å². The Kier molecular flexibility index (Phi) is 3.83. The number of hydrogen-bond donors (Lipinski definition) is 1. The molecule has 2 N–H and O–H groups in total. The number of nitrogens with two attached hydrogens (primary N) is 1. The average molecular weight is 322 g/mol. The summed E-state index contributed by atoms with van der Waals surface area (Å²) < 4.78 is 2.82. The molecule has 3 nitrogen and oxygen atoms in total. The predicted molar refractivity (Wildman–Crippen MR) is 82.9 cm³/mol. The first kappa shape index (κ1) is 14.3. The van der Waals surface area contributed by atoms with Gasteiger partial charge in [0.15, 0.2) is 0 Å². The normalized spacial score (nSPS) is 11.9. The Labute approximate surface area is 122 Å². The Morgan fingerprint density at radius 3 is 2.21 bits per heavy atom. The van der Waals surface area contributed by atoms with Crippen molar-refractivity contribution in [1.82, 2.24) is 9.78 Å². The molecule has 19 heavy (non-hydrogen) atoms. The highest BCUT2D eigenvalue weighted by Crippen LogP contribution is 2.31. The van der Waals surface area contributed by atoms with Crippen LogP contribution in [0.1, 0.15) is 32.0 Å². The van der Waals surface area contributed by atoms with Crippen LogP contribution in [0.4, 0.5) is 0 Å². The molecule has 0 saturated carbocycles. The topological polar surface area (TPSA) is 43.8 Å². The first-order valence-electron chi connectivity index (χ1n) is 6.37. The van der Waals surface area contributed by atoms with Crippen LogP contribution in [0.2, 0.25) is 0 Å².